The first kappa shape index (κ1) is 20.7. The lowest BCUT2D eigenvalue weighted by atomic mass is 10.00. The van der Waals surface area contributed by atoms with Gasteiger partial charge in [0.2, 0.25) is 5.95 Å². The minimum absolute atomic E-state index is 0.0575. The highest BCUT2D eigenvalue weighted by molar-refractivity contribution is 6.06. The molecule has 2 aromatic heterocycles. The summed E-state index contributed by atoms with van der Waals surface area (Å²) in [6.45, 7) is 3.73. The van der Waals surface area contributed by atoms with Crippen LogP contribution in [0.2, 0.25) is 0 Å². The number of aryl methyl sites for hydroxylation is 2. The van der Waals surface area contributed by atoms with E-state index in [9.17, 15) is 4.79 Å². The summed E-state index contributed by atoms with van der Waals surface area (Å²) >= 11 is 0. The average Bonchev–Trinajstić information content (AvgIpc) is 3.37. The highest BCUT2D eigenvalue weighted by Crippen LogP contribution is 2.37. The number of methoxy groups -OCH3 is 1. The van der Waals surface area contributed by atoms with E-state index in [0.717, 1.165) is 5.76 Å². The Labute approximate surface area is 179 Å². The molecule has 0 radical (unpaired) electrons. The predicted molar refractivity (Wildman–Crippen MR) is 115 cm³/mol. The predicted octanol–water partition coefficient (Wildman–Crippen LogP) is 3.04. The molecule has 0 bridgehead atoms. The molecular formula is C22H25N5O4. The number of aromatic nitrogens is 3. The minimum atomic E-state index is -0.588. The van der Waals surface area contributed by atoms with Gasteiger partial charge in [0, 0.05) is 18.7 Å². The van der Waals surface area contributed by atoms with Gasteiger partial charge in [-0.1, -0.05) is 12.1 Å². The van der Waals surface area contributed by atoms with Gasteiger partial charge in [-0.15, -0.1) is 0 Å². The van der Waals surface area contributed by atoms with Crippen LogP contribution < -0.4 is 15.4 Å². The molecule has 31 heavy (non-hydrogen) atoms. The van der Waals surface area contributed by atoms with Crippen LogP contribution in [0.25, 0.3) is 0 Å². The number of nitrogens with one attached hydrogen (secondary N) is 2. The van der Waals surface area contributed by atoms with Gasteiger partial charge in [0.05, 0.1) is 18.4 Å². The van der Waals surface area contributed by atoms with Crippen molar-refractivity contribution in [1.29, 1.82) is 0 Å². The summed E-state index contributed by atoms with van der Waals surface area (Å²) in [4.78, 5) is 18.0. The van der Waals surface area contributed by atoms with E-state index in [4.69, 9.17) is 14.3 Å². The first-order chi connectivity index (χ1) is 15.0. The van der Waals surface area contributed by atoms with Crippen LogP contribution in [0.3, 0.4) is 0 Å². The number of benzene rings is 1. The summed E-state index contributed by atoms with van der Waals surface area (Å²) in [5.41, 5.74) is 1.68. The molecule has 1 atom stereocenters. The number of hydrogen-bond acceptors (Lipinski definition) is 7. The molecule has 0 saturated carbocycles. The molecule has 1 aromatic carbocycles. The van der Waals surface area contributed by atoms with Crippen molar-refractivity contribution in [3.8, 4) is 5.75 Å². The zero-order valence-electron chi connectivity index (χ0n) is 17.7. The van der Waals surface area contributed by atoms with Gasteiger partial charge in [-0.05, 0) is 44.5 Å². The van der Waals surface area contributed by atoms with Crippen LogP contribution in [0, 0.1) is 6.92 Å². The summed E-state index contributed by atoms with van der Waals surface area (Å²) in [6, 6.07) is 10.3. The molecule has 0 spiro atoms. The monoisotopic (exact) mass is 423 g/mol. The quantitative estimate of drug-likeness (QED) is 0.535. The van der Waals surface area contributed by atoms with Crippen LogP contribution in [0.15, 0.2) is 52.1 Å². The molecule has 0 aliphatic carbocycles. The number of aliphatic hydroxyl groups is 1. The van der Waals surface area contributed by atoms with Crippen molar-refractivity contribution < 1.29 is 19.1 Å². The Morgan fingerprint density at radius 2 is 2.10 bits per heavy atom. The van der Waals surface area contributed by atoms with Crippen molar-refractivity contribution in [3.05, 3.63) is 65.0 Å². The summed E-state index contributed by atoms with van der Waals surface area (Å²) < 4.78 is 12.9. The van der Waals surface area contributed by atoms with E-state index < -0.39 is 6.04 Å². The molecule has 9 heteroatoms. The van der Waals surface area contributed by atoms with Crippen LogP contribution in [0.5, 0.6) is 5.75 Å². The normalized spacial score (nSPS) is 15.4. The molecule has 3 aromatic rings. The maximum absolute atomic E-state index is 13.4. The van der Waals surface area contributed by atoms with Crippen LogP contribution in [0.4, 0.5) is 11.6 Å². The maximum Gasteiger partial charge on any atom is 0.256 e. The molecule has 9 nitrogen and oxygen atoms in total. The largest absolute Gasteiger partial charge is 0.495 e. The van der Waals surface area contributed by atoms with Gasteiger partial charge >= 0.3 is 0 Å². The molecule has 3 N–H and O–H groups in total. The number of nitrogens with zero attached hydrogens (tertiary/aromatic N) is 3. The van der Waals surface area contributed by atoms with E-state index in [0.29, 0.717) is 53.1 Å². The first-order valence-corrected chi connectivity index (χ1v) is 10.1. The van der Waals surface area contributed by atoms with Crippen molar-refractivity contribution in [2.24, 2.45) is 0 Å². The molecule has 1 aliphatic rings. The van der Waals surface area contributed by atoms with E-state index >= 15 is 0 Å². The van der Waals surface area contributed by atoms with Crippen LogP contribution in [-0.2, 0) is 11.2 Å². The SMILES string of the molecule is COc1ccccc1NC(=O)C1=C(C)Nc2nc(CCCO)nn2C1c1ccc(C)o1. The van der Waals surface area contributed by atoms with Crippen molar-refractivity contribution in [2.45, 2.75) is 32.7 Å². The summed E-state index contributed by atoms with van der Waals surface area (Å²) in [6.07, 6.45) is 1.09. The van der Waals surface area contributed by atoms with E-state index in [1.807, 2.05) is 38.1 Å². The Balaban J connectivity index is 1.74. The fourth-order valence-corrected chi connectivity index (χ4v) is 3.63. The third kappa shape index (κ3) is 4.04. The summed E-state index contributed by atoms with van der Waals surface area (Å²) in [5.74, 6) is 2.70. The Morgan fingerprint density at radius 3 is 2.81 bits per heavy atom. The molecule has 1 amide bonds. The topological polar surface area (TPSA) is 114 Å². The number of ether oxygens (including phenoxy) is 1. The molecular weight excluding hydrogens is 398 g/mol. The number of rotatable bonds is 7. The van der Waals surface area contributed by atoms with Gasteiger partial charge in [-0.3, -0.25) is 4.79 Å². The van der Waals surface area contributed by atoms with Gasteiger partial charge in [0.15, 0.2) is 5.82 Å². The molecule has 3 heterocycles. The third-order valence-corrected chi connectivity index (χ3v) is 5.09. The Hall–Kier alpha value is -3.59. The molecule has 162 valence electrons. The number of carbonyl (C=O) groups is 1. The number of amides is 1. The van der Waals surface area contributed by atoms with Gasteiger partial charge in [0.25, 0.3) is 5.91 Å². The van der Waals surface area contributed by atoms with Crippen molar-refractivity contribution in [3.63, 3.8) is 0 Å². The fraction of sp³-hybridized carbons (Fsp3) is 0.318. The number of fused-ring (bicyclic) bond motifs is 1. The number of anilines is 2. The van der Waals surface area contributed by atoms with Crippen molar-refractivity contribution >= 4 is 17.5 Å². The summed E-state index contributed by atoms with van der Waals surface area (Å²) in [7, 11) is 1.56. The lowest BCUT2D eigenvalue weighted by Gasteiger charge is -2.27. The third-order valence-electron chi connectivity index (χ3n) is 5.09. The second kappa shape index (κ2) is 8.65. The molecule has 0 saturated heterocycles. The lowest BCUT2D eigenvalue weighted by Crippen LogP contribution is -2.31. The standard InChI is InChI=1S/C22H25N5O4/c1-13-10-11-17(31-13)20-19(21(29)24-15-7-4-5-8-16(15)30-3)14(2)23-22-25-18(9-6-12-28)26-27(20)22/h4-5,7-8,10-11,20,28H,6,9,12H2,1-3H3,(H,24,29)(H,23,25,26). The zero-order chi connectivity index (χ0) is 22.0. The Bertz CT molecular complexity index is 1130. The Morgan fingerprint density at radius 1 is 1.29 bits per heavy atom. The first-order valence-electron chi connectivity index (χ1n) is 10.1. The van der Waals surface area contributed by atoms with E-state index in [1.54, 1.807) is 23.9 Å². The number of carbonyl (C=O) groups excluding carboxylic acids is 1. The van der Waals surface area contributed by atoms with E-state index in [2.05, 4.69) is 20.7 Å². The zero-order valence-corrected chi connectivity index (χ0v) is 17.7. The highest BCUT2D eigenvalue weighted by Gasteiger charge is 2.36. The molecule has 4 rings (SSSR count). The van der Waals surface area contributed by atoms with Crippen LogP contribution >= 0.6 is 0 Å². The van der Waals surface area contributed by atoms with Crippen molar-refractivity contribution in [1.82, 2.24) is 14.8 Å². The second-order valence-electron chi connectivity index (χ2n) is 7.29. The maximum atomic E-state index is 13.4. The number of furan rings is 1. The Kier molecular flexibility index (Phi) is 5.77. The minimum Gasteiger partial charge on any atom is -0.495 e. The molecule has 1 aliphatic heterocycles. The van der Waals surface area contributed by atoms with Crippen LogP contribution in [0.1, 0.15) is 36.7 Å². The average molecular weight is 423 g/mol. The van der Waals surface area contributed by atoms with Gasteiger partial charge in [-0.2, -0.15) is 10.1 Å². The van der Waals surface area contributed by atoms with Crippen LogP contribution in [-0.4, -0.2) is 39.5 Å². The number of hydrogen-bond donors (Lipinski definition) is 3. The van der Waals surface area contributed by atoms with E-state index in [1.165, 1.54) is 0 Å². The van der Waals surface area contributed by atoms with E-state index in [-0.39, 0.29) is 12.5 Å². The summed E-state index contributed by atoms with van der Waals surface area (Å²) in [5, 5.41) is 19.9. The number of para-hydroxylation sites is 2. The molecule has 0 fully saturated rings. The number of allylic oxidation sites excluding steroid dienone is 1. The fourth-order valence-electron chi connectivity index (χ4n) is 3.63. The van der Waals surface area contributed by atoms with Crippen molar-refractivity contribution in [2.75, 3.05) is 24.4 Å². The molecule has 1 unspecified atom stereocenters. The van der Waals surface area contributed by atoms with Gasteiger partial charge < -0.3 is 24.9 Å². The highest BCUT2D eigenvalue weighted by atomic mass is 16.5. The van der Waals surface area contributed by atoms with Gasteiger partial charge in [-0.25, -0.2) is 4.68 Å². The smallest absolute Gasteiger partial charge is 0.256 e. The van der Waals surface area contributed by atoms with Gasteiger partial charge in [0.1, 0.15) is 23.3 Å². The second-order valence-corrected chi connectivity index (χ2v) is 7.29. The number of aliphatic hydroxyl groups excluding tert-OH is 1. The lowest BCUT2D eigenvalue weighted by molar-refractivity contribution is -0.113.